The number of para-hydroxylation sites is 5. The zero-order chi connectivity index (χ0) is 42.8. The van der Waals surface area contributed by atoms with Gasteiger partial charge in [-0.1, -0.05) is 103 Å². The topological polar surface area (TPSA) is 45.5 Å². The number of pyridine rings is 2. The van der Waals surface area contributed by atoms with Crippen LogP contribution in [0.4, 0.5) is 0 Å². The highest BCUT2D eigenvalue weighted by molar-refractivity contribution is 6.20. The minimum absolute atomic E-state index is 0.858. The zero-order valence-corrected chi connectivity index (χ0v) is 35.4. The lowest BCUT2D eigenvalue weighted by Gasteiger charge is -2.12. The molecule has 65 heavy (non-hydrogen) atoms. The van der Waals surface area contributed by atoms with Crippen LogP contribution in [0.3, 0.4) is 0 Å². The number of rotatable bonds is 5. The van der Waals surface area contributed by atoms with Crippen molar-refractivity contribution in [1.82, 2.24) is 28.2 Å². The molecule has 6 heterocycles. The Morgan fingerprint density at radius 2 is 0.646 bits per heavy atom. The van der Waals surface area contributed by atoms with Crippen LogP contribution >= 0.6 is 0 Å². The summed E-state index contributed by atoms with van der Waals surface area (Å²) in [5.74, 6) is 1.72. The molecule has 0 aliphatic heterocycles. The summed E-state index contributed by atoms with van der Waals surface area (Å²) in [5.41, 5.74) is 14.8. The summed E-state index contributed by atoms with van der Waals surface area (Å²) in [4.78, 5) is 10.2. The highest BCUT2D eigenvalue weighted by Crippen LogP contribution is 2.42. The van der Waals surface area contributed by atoms with Crippen LogP contribution in [0.1, 0.15) is 5.56 Å². The number of hydrogen-bond donors (Lipinski definition) is 0. The molecule has 304 valence electrons. The zero-order valence-electron chi connectivity index (χ0n) is 35.4. The fourth-order valence-electron chi connectivity index (χ4n) is 10.7. The van der Waals surface area contributed by atoms with E-state index >= 15 is 0 Å². The van der Waals surface area contributed by atoms with Gasteiger partial charge in [0.2, 0.25) is 0 Å². The summed E-state index contributed by atoms with van der Waals surface area (Å²) >= 11 is 0. The van der Waals surface area contributed by atoms with Crippen molar-refractivity contribution in [2.24, 2.45) is 0 Å². The molecule has 0 unspecified atom stereocenters. The Morgan fingerprint density at radius 3 is 1.12 bits per heavy atom. The highest BCUT2D eigenvalue weighted by atomic mass is 15.1. The van der Waals surface area contributed by atoms with Crippen molar-refractivity contribution in [2.45, 2.75) is 6.92 Å². The van der Waals surface area contributed by atoms with E-state index in [4.69, 9.17) is 9.97 Å². The second-order valence-corrected chi connectivity index (χ2v) is 17.2. The van der Waals surface area contributed by atoms with Gasteiger partial charge in [0, 0.05) is 66.9 Å². The number of aryl methyl sites for hydroxylation is 1. The van der Waals surface area contributed by atoms with E-state index in [0.29, 0.717) is 0 Å². The molecule has 0 spiro atoms. The fraction of sp³-hybridized carbons (Fsp3) is 0.0169. The van der Waals surface area contributed by atoms with Gasteiger partial charge < -0.3 is 9.13 Å². The Kier molecular flexibility index (Phi) is 7.51. The van der Waals surface area contributed by atoms with Crippen LogP contribution in [0.25, 0.3) is 121 Å². The summed E-state index contributed by atoms with van der Waals surface area (Å²) in [6.45, 7) is 2.17. The molecule has 6 heteroatoms. The lowest BCUT2D eigenvalue weighted by Crippen LogP contribution is -2.00. The first-order chi connectivity index (χ1) is 32.2. The molecule has 6 nitrogen and oxygen atoms in total. The molecular formula is C59H38N6. The molecule has 0 radical (unpaired) electrons. The summed E-state index contributed by atoms with van der Waals surface area (Å²) < 4.78 is 9.45. The van der Waals surface area contributed by atoms with Gasteiger partial charge in [-0.25, -0.2) is 9.97 Å². The standard InChI is InChI=1S/C59H38N6/c1-37-24-25-45-49-34-48-44-20-10-13-23-52(44)65(57(48)36-55(49)63(53(45)30-37)41-16-6-3-7-17-41)59-32-39(27-29-61-59)38-26-28-60-58(31-38)64-51-22-12-9-19-43(51)47-33-46-42-18-8-11-21-50(42)62(54(46)35-56(47)64)40-14-4-2-5-15-40/h2-36H,1H3. The molecule has 0 fully saturated rings. The van der Waals surface area contributed by atoms with Crippen molar-refractivity contribution in [3.8, 4) is 34.1 Å². The maximum Gasteiger partial charge on any atom is 0.138 e. The summed E-state index contributed by atoms with van der Waals surface area (Å²) in [6, 6.07) is 72.4. The van der Waals surface area contributed by atoms with Gasteiger partial charge in [0.05, 0.1) is 44.1 Å². The van der Waals surface area contributed by atoms with Crippen LogP contribution < -0.4 is 0 Å². The lowest BCUT2D eigenvalue weighted by atomic mass is 10.1. The Morgan fingerprint density at radius 1 is 0.277 bits per heavy atom. The first kappa shape index (κ1) is 35.8. The van der Waals surface area contributed by atoms with Crippen LogP contribution in [0.15, 0.2) is 213 Å². The van der Waals surface area contributed by atoms with E-state index in [1.807, 2.05) is 12.4 Å². The molecule has 0 atom stereocenters. The van der Waals surface area contributed by atoms with Gasteiger partial charge in [0.25, 0.3) is 0 Å². The van der Waals surface area contributed by atoms with Crippen molar-refractivity contribution < 1.29 is 0 Å². The van der Waals surface area contributed by atoms with E-state index < -0.39 is 0 Å². The van der Waals surface area contributed by atoms with Crippen LogP contribution in [0, 0.1) is 6.92 Å². The predicted molar refractivity (Wildman–Crippen MR) is 270 cm³/mol. The Hall–Kier alpha value is -8.74. The molecule has 0 bridgehead atoms. The molecule has 6 aromatic heterocycles. The molecule has 14 aromatic rings. The molecule has 0 saturated heterocycles. The number of fused-ring (bicyclic) bond motifs is 12. The van der Waals surface area contributed by atoms with Crippen LogP contribution in [0.2, 0.25) is 0 Å². The van der Waals surface area contributed by atoms with Crippen molar-refractivity contribution >= 4 is 87.2 Å². The van der Waals surface area contributed by atoms with E-state index in [1.165, 1.54) is 59.7 Å². The highest BCUT2D eigenvalue weighted by Gasteiger charge is 2.21. The van der Waals surface area contributed by atoms with E-state index in [0.717, 1.165) is 67.2 Å². The van der Waals surface area contributed by atoms with Crippen LogP contribution in [-0.4, -0.2) is 28.2 Å². The largest absolute Gasteiger partial charge is 0.309 e. The molecule has 0 aliphatic carbocycles. The Balaban J connectivity index is 0.966. The minimum atomic E-state index is 0.858. The van der Waals surface area contributed by atoms with E-state index in [9.17, 15) is 0 Å². The second-order valence-electron chi connectivity index (χ2n) is 17.2. The minimum Gasteiger partial charge on any atom is -0.309 e. The molecular weight excluding hydrogens is 793 g/mol. The molecule has 0 saturated carbocycles. The van der Waals surface area contributed by atoms with E-state index in [2.05, 4.69) is 225 Å². The molecule has 0 aliphatic rings. The van der Waals surface area contributed by atoms with E-state index in [1.54, 1.807) is 0 Å². The third-order valence-corrected chi connectivity index (χ3v) is 13.5. The van der Waals surface area contributed by atoms with Crippen molar-refractivity contribution in [3.63, 3.8) is 0 Å². The maximum absolute atomic E-state index is 5.09. The monoisotopic (exact) mass is 830 g/mol. The number of nitrogens with zero attached hydrogens (tertiary/aromatic N) is 6. The SMILES string of the molecule is Cc1ccc2c3cc4c5ccccc5n(-c5cc(-c6ccnc(-n7c8ccccc8c8cc9c%10ccccc%10n(-c%10ccccc%10)c9cc87)c6)ccn5)c4cc3n(-c3ccccc3)c2c1. The van der Waals surface area contributed by atoms with Gasteiger partial charge in [-0.15, -0.1) is 0 Å². The van der Waals surface area contributed by atoms with Crippen molar-refractivity contribution in [2.75, 3.05) is 0 Å². The number of benzene rings is 8. The normalized spacial score (nSPS) is 12.1. The fourth-order valence-corrected chi connectivity index (χ4v) is 10.7. The molecule has 14 rings (SSSR count). The third-order valence-electron chi connectivity index (χ3n) is 13.5. The number of aromatic nitrogens is 6. The first-order valence-electron chi connectivity index (χ1n) is 22.1. The lowest BCUT2D eigenvalue weighted by molar-refractivity contribution is 1.07. The van der Waals surface area contributed by atoms with Gasteiger partial charge in [-0.2, -0.15) is 0 Å². The van der Waals surface area contributed by atoms with Gasteiger partial charge in [0.15, 0.2) is 0 Å². The van der Waals surface area contributed by atoms with E-state index in [-0.39, 0.29) is 0 Å². The average molecular weight is 831 g/mol. The van der Waals surface area contributed by atoms with Gasteiger partial charge in [0.1, 0.15) is 11.6 Å². The second kappa shape index (κ2) is 13.6. The molecule has 8 aromatic carbocycles. The van der Waals surface area contributed by atoms with Crippen molar-refractivity contribution in [1.29, 1.82) is 0 Å². The smallest absolute Gasteiger partial charge is 0.138 e. The predicted octanol–water partition coefficient (Wildman–Crippen LogP) is 14.8. The van der Waals surface area contributed by atoms with Crippen molar-refractivity contribution in [3.05, 3.63) is 218 Å². The van der Waals surface area contributed by atoms with Crippen LogP contribution in [0.5, 0.6) is 0 Å². The Labute approximate surface area is 373 Å². The third kappa shape index (κ3) is 5.22. The van der Waals surface area contributed by atoms with Gasteiger partial charge in [-0.3, -0.25) is 9.13 Å². The number of hydrogen-bond acceptors (Lipinski definition) is 2. The first-order valence-corrected chi connectivity index (χ1v) is 22.1. The summed E-state index contributed by atoms with van der Waals surface area (Å²) in [6.07, 6.45) is 3.87. The average Bonchev–Trinajstić information content (AvgIpc) is 4.07. The molecule has 0 N–H and O–H groups in total. The summed E-state index contributed by atoms with van der Waals surface area (Å²) in [7, 11) is 0. The van der Waals surface area contributed by atoms with Crippen LogP contribution in [-0.2, 0) is 0 Å². The van der Waals surface area contributed by atoms with Gasteiger partial charge in [-0.05, 0) is 121 Å². The maximum atomic E-state index is 5.09. The van der Waals surface area contributed by atoms with Gasteiger partial charge >= 0.3 is 0 Å². The molecule has 0 amide bonds. The summed E-state index contributed by atoms with van der Waals surface area (Å²) in [5, 5.41) is 9.73. The Bertz CT molecular complexity index is 4240. The quantitative estimate of drug-likeness (QED) is 0.173.